The topological polar surface area (TPSA) is 100 Å². The van der Waals surface area contributed by atoms with Crippen LogP contribution in [0.15, 0.2) is 83.9 Å². The summed E-state index contributed by atoms with van der Waals surface area (Å²) in [5, 5.41) is 0. The largest absolute Gasteiger partial charge is 0.463 e. The van der Waals surface area contributed by atoms with Crippen LogP contribution in [0.3, 0.4) is 0 Å². The fourth-order valence-electron chi connectivity index (χ4n) is 2.36. The number of carbonyl (C=O) groups is 1. The van der Waals surface area contributed by atoms with Crippen LogP contribution in [0.2, 0.25) is 0 Å². The zero-order valence-corrected chi connectivity index (χ0v) is 15.8. The molecule has 0 aliphatic carbocycles. The predicted octanol–water partition coefficient (Wildman–Crippen LogP) is 4.61. The number of nitrogen functional groups attached to an aromatic ring is 1. The van der Waals surface area contributed by atoms with Gasteiger partial charge in [0.05, 0.1) is 11.9 Å². The molecule has 7 nitrogen and oxygen atoms in total. The predicted molar refractivity (Wildman–Crippen MR) is 108 cm³/mol. The van der Waals surface area contributed by atoms with Crippen LogP contribution in [0.1, 0.15) is 5.56 Å². The number of nitrogens with two attached hydrogens (primary N) is 1. The molecule has 0 aliphatic rings. The molecule has 0 amide bonds. The second kappa shape index (κ2) is 10.4. The smallest absolute Gasteiger partial charge is 0.293 e. The second-order valence-corrected chi connectivity index (χ2v) is 5.92. The minimum atomic E-state index is -0.521. The summed E-state index contributed by atoms with van der Waals surface area (Å²) in [4.78, 5) is 17.7. The number of rotatable bonds is 6. The Labute approximate surface area is 171 Å². The molecular weight excluding hydrogens is 389 g/mol. The van der Waals surface area contributed by atoms with E-state index in [2.05, 4.69) is 14.7 Å². The Kier molecular flexibility index (Phi) is 7.10. The second-order valence-electron chi connectivity index (χ2n) is 5.92. The summed E-state index contributed by atoms with van der Waals surface area (Å²) in [5.74, 6) is 0.868. The molecule has 0 unspecified atom stereocenters. The van der Waals surface area contributed by atoms with E-state index in [1.807, 2.05) is 30.3 Å². The van der Waals surface area contributed by atoms with Crippen molar-refractivity contribution in [2.45, 2.75) is 6.61 Å². The molecule has 152 valence electrons. The Balaban J connectivity index is 0.000000216. The molecule has 0 saturated heterocycles. The summed E-state index contributed by atoms with van der Waals surface area (Å²) >= 11 is 0. The standard InChI is InChI=1S/C14H10FN3O2.C8H8O2/c15-11-5-9(1-2-12(11)16)20-10-3-4-18-13(6-10)14-7-17-8-19-14;9-7-10-6-8-4-2-1-3-5-8/h1-8H,16H2;1-5,7H,6H2. The average molecular weight is 407 g/mol. The summed E-state index contributed by atoms with van der Waals surface area (Å²) in [6, 6.07) is 17.1. The van der Waals surface area contributed by atoms with Gasteiger partial charge in [-0.2, -0.15) is 0 Å². The first-order valence-corrected chi connectivity index (χ1v) is 8.82. The highest BCUT2D eigenvalue weighted by molar-refractivity contribution is 5.53. The molecule has 4 aromatic rings. The van der Waals surface area contributed by atoms with Crippen LogP contribution in [-0.2, 0) is 16.1 Å². The van der Waals surface area contributed by atoms with Crippen molar-refractivity contribution in [1.29, 1.82) is 0 Å². The normalized spacial score (nSPS) is 9.90. The first-order valence-electron chi connectivity index (χ1n) is 8.82. The van der Waals surface area contributed by atoms with Gasteiger partial charge >= 0.3 is 0 Å². The number of hydrogen-bond acceptors (Lipinski definition) is 7. The summed E-state index contributed by atoms with van der Waals surface area (Å²) in [6.07, 6.45) is 4.44. The van der Waals surface area contributed by atoms with E-state index in [4.69, 9.17) is 14.9 Å². The third-order valence-electron chi connectivity index (χ3n) is 3.78. The van der Waals surface area contributed by atoms with Gasteiger partial charge in [0.1, 0.15) is 29.6 Å². The van der Waals surface area contributed by atoms with Crippen molar-refractivity contribution in [3.05, 3.63) is 90.8 Å². The minimum absolute atomic E-state index is 0.0782. The lowest BCUT2D eigenvalue weighted by Crippen LogP contribution is -1.92. The fraction of sp³-hybridized carbons (Fsp3) is 0.0455. The Morgan fingerprint density at radius 1 is 1.07 bits per heavy atom. The number of benzene rings is 2. The van der Waals surface area contributed by atoms with E-state index in [9.17, 15) is 9.18 Å². The van der Waals surface area contributed by atoms with Crippen LogP contribution in [0.25, 0.3) is 11.5 Å². The fourth-order valence-corrected chi connectivity index (χ4v) is 2.36. The van der Waals surface area contributed by atoms with Crippen molar-refractivity contribution in [3.63, 3.8) is 0 Å². The van der Waals surface area contributed by atoms with Gasteiger partial charge in [0.25, 0.3) is 6.47 Å². The van der Waals surface area contributed by atoms with E-state index in [0.29, 0.717) is 36.0 Å². The number of anilines is 1. The Morgan fingerprint density at radius 2 is 1.87 bits per heavy atom. The molecule has 30 heavy (non-hydrogen) atoms. The van der Waals surface area contributed by atoms with E-state index in [1.54, 1.807) is 30.6 Å². The van der Waals surface area contributed by atoms with Gasteiger partial charge in [-0.05, 0) is 23.8 Å². The van der Waals surface area contributed by atoms with Crippen molar-refractivity contribution >= 4 is 12.2 Å². The number of halogens is 1. The number of aromatic nitrogens is 2. The van der Waals surface area contributed by atoms with Gasteiger partial charge in [0.15, 0.2) is 12.2 Å². The van der Waals surface area contributed by atoms with Gasteiger partial charge in [-0.25, -0.2) is 9.37 Å². The molecule has 2 aromatic carbocycles. The SMILES string of the molecule is Nc1ccc(Oc2ccnc(-c3cnco3)c2)cc1F.O=COCc1ccccc1. The monoisotopic (exact) mass is 407 g/mol. The molecular formula is C22H18FN3O4. The number of hydrogen-bond donors (Lipinski definition) is 1. The van der Waals surface area contributed by atoms with Crippen molar-refractivity contribution in [2.24, 2.45) is 0 Å². The lowest BCUT2D eigenvalue weighted by molar-refractivity contribution is -0.129. The highest BCUT2D eigenvalue weighted by atomic mass is 19.1. The summed E-state index contributed by atoms with van der Waals surface area (Å²) in [6.45, 7) is 0.817. The maximum absolute atomic E-state index is 13.3. The van der Waals surface area contributed by atoms with Gasteiger partial charge in [-0.1, -0.05) is 30.3 Å². The quantitative estimate of drug-likeness (QED) is 0.368. The molecule has 0 spiro atoms. The third-order valence-corrected chi connectivity index (χ3v) is 3.78. The minimum Gasteiger partial charge on any atom is -0.463 e. The van der Waals surface area contributed by atoms with Crippen LogP contribution < -0.4 is 10.5 Å². The van der Waals surface area contributed by atoms with E-state index in [-0.39, 0.29) is 5.69 Å². The van der Waals surface area contributed by atoms with Gasteiger partial charge in [0, 0.05) is 18.3 Å². The van der Waals surface area contributed by atoms with Crippen molar-refractivity contribution < 1.29 is 23.1 Å². The Bertz CT molecular complexity index is 1070. The number of carbonyl (C=O) groups excluding carboxylic acids is 1. The molecule has 0 bridgehead atoms. The summed E-state index contributed by atoms with van der Waals surface area (Å²) < 4.78 is 28.6. The summed E-state index contributed by atoms with van der Waals surface area (Å²) in [5.41, 5.74) is 7.08. The van der Waals surface area contributed by atoms with Crippen LogP contribution in [0.5, 0.6) is 11.5 Å². The molecule has 0 atom stereocenters. The highest BCUT2D eigenvalue weighted by Gasteiger charge is 2.07. The molecule has 4 rings (SSSR count). The van der Waals surface area contributed by atoms with Crippen molar-refractivity contribution in [1.82, 2.24) is 9.97 Å². The molecule has 0 aliphatic heterocycles. The number of oxazole rings is 1. The highest BCUT2D eigenvalue weighted by Crippen LogP contribution is 2.27. The Morgan fingerprint density at radius 3 is 2.57 bits per heavy atom. The maximum atomic E-state index is 13.3. The van der Waals surface area contributed by atoms with Gasteiger partial charge in [0.2, 0.25) is 0 Å². The van der Waals surface area contributed by atoms with E-state index >= 15 is 0 Å². The average Bonchev–Trinajstić information content (AvgIpc) is 3.31. The molecule has 8 heteroatoms. The van der Waals surface area contributed by atoms with Gasteiger partial charge in [-0.3, -0.25) is 9.78 Å². The first-order chi connectivity index (χ1) is 14.7. The van der Waals surface area contributed by atoms with E-state index in [0.717, 1.165) is 5.56 Å². The maximum Gasteiger partial charge on any atom is 0.293 e. The zero-order chi connectivity index (χ0) is 21.2. The third kappa shape index (κ3) is 5.90. The summed E-state index contributed by atoms with van der Waals surface area (Å²) in [7, 11) is 0. The number of ether oxygens (including phenoxy) is 2. The van der Waals surface area contributed by atoms with Crippen LogP contribution in [0.4, 0.5) is 10.1 Å². The first kappa shape index (κ1) is 20.5. The van der Waals surface area contributed by atoms with Gasteiger partial charge < -0.3 is 19.6 Å². The van der Waals surface area contributed by atoms with Crippen LogP contribution >= 0.6 is 0 Å². The van der Waals surface area contributed by atoms with E-state index in [1.165, 1.54) is 18.5 Å². The lowest BCUT2D eigenvalue weighted by Gasteiger charge is -2.07. The lowest BCUT2D eigenvalue weighted by atomic mass is 10.2. The van der Waals surface area contributed by atoms with Crippen molar-refractivity contribution in [3.8, 4) is 23.0 Å². The zero-order valence-electron chi connectivity index (χ0n) is 15.8. The molecule has 2 heterocycles. The van der Waals surface area contributed by atoms with E-state index < -0.39 is 5.82 Å². The van der Waals surface area contributed by atoms with Crippen molar-refractivity contribution in [2.75, 3.05) is 5.73 Å². The van der Waals surface area contributed by atoms with Crippen LogP contribution in [-0.4, -0.2) is 16.4 Å². The van der Waals surface area contributed by atoms with Crippen LogP contribution in [0, 0.1) is 5.82 Å². The molecule has 0 radical (unpaired) electrons. The Hall–Kier alpha value is -4.20. The molecule has 2 N–H and O–H groups in total. The number of pyridine rings is 1. The number of nitrogens with zero attached hydrogens (tertiary/aromatic N) is 2. The molecule has 0 saturated carbocycles. The van der Waals surface area contributed by atoms with Gasteiger partial charge in [-0.15, -0.1) is 0 Å². The molecule has 2 aromatic heterocycles. The molecule has 0 fully saturated rings.